The van der Waals surface area contributed by atoms with Crippen LogP contribution >= 0.6 is 0 Å². The largest absolute Gasteiger partial charge is 0.476 e. The fraction of sp³-hybridized carbons (Fsp3) is 0.583. The molecule has 106 valence electrons. The number of carboxylic acids is 1. The highest BCUT2D eigenvalue weighted by atomic mass is 28.3. The van der Waals surface area contributed by atoms with Gasteiger partial charge in [-0.1, -0.05) is 19.6 Å². The minimum absolute atomic E-state index is 0.116. The van der Waals surface area contributed by atoms with Crippen LogP contribution < -0.4 is 0 Å². The number of aromatic nitrogens is 2. The van der Waals surface area contributed by atoms with E-state index in [1.807, 2.05) is 0 Å². The zero-order chi connectivity index (χ0) is 14.6. The lowest BCUT2D eigenvalue weighted by atomic mass is 10.4. The van der Waals surface area contributed by atoms with E-state index in [0.29, 0.717) is 6.61 Å². The van der Waals surface area contributed by atoms with Crippen LogP contribution in [0.15, 0.2) is 6.20 Å². The third-order valence-corrected chi connectivity index (χ3v) is 4.24. The Labute approximate surface area is 113 Å². The Morgan fingerprint density at radius 1 is 1.42 bits per heavy atom. The second-order valence-corrected chi connectivity index (χ2v) is 11.3. The first-order valence-electron chi connectivity index (χ1n) is 6.10. The van der Waals surface area contributed by atoms with E-state index in [2.05, 4.69) is 24.6 Å². The number of aromatic carboxylic acids is 1. The number of carboxylic acid groups (broad SMARTS) is 1. The van der Waals surface area contributed by atoms with Crippen LogP contribution in [0.1, 0.15) is 28.0 Å². The minimum atomic E-state index is -1.15. The molecule has 19 heavy (non-hydrogen) atoms. The van der Waals surface area contributed by atoms with Gasteiger partial charge in [0.25, 0.3) is 0 Å². The molecule has 0 saturated carbocycles. The van der Waals surface area contributed by atoms with Crippen molar-refractivity contribution in [2.75, 3.05) is 6.61 Å². The molecule has 0 atom stereocenters. The molecular formula is C12H20N2O4Si. The summed E-state index contributed by atoms with van der Waals surface area (Å²) in [6.45, 7) is 8.85. The van der Waals surface area contributed by atoms with Crippen LogP contribution in [0, 0.1) is 0 Å². The molecule has 1 N–H and O–H groups in total. The van der Waals surface area contributed by atoms with Crippen molar-refractivity contribution in [1.82, 2.24) is 9.55 Å². The number of ketones is 1. The Kier molecular flexibility index (Phi) is 5.02. The molecule has 1 rings (SSSR count). The van der Waals surface area contributed by atoms with Gasteiger partial charge in [0.15, 0.2) is 17.3 Å². The van der Waals surface area contributed by atoms with Crippen molar-refractivity contribution in [3.63, 3.8) is 0 Å². The van der Waals surface area contributed by atoms with E-state index in [0.717, 1.165) is 6.04 Å². The minimum Gasteiger partial charge on any atom is -0.476 e. The number of hydrogen-bond acceptors (Lipinski definition) is 4. The Morgan fingerprint density at radius 3 is 2.53 bits per heavy atom. The van der Waals surface area contributed by atoms with E-state index in [-0.39, 0.29) is 24.0 Å². The molecule has 0 spiro atoms. The van der Waals surface area contributed by atoms with Crippen molar-refractivity contribution >= 4 is 19.8 Å². The number of rotatable bonds is 7. The van der Waals surface area contributed by atoms with Crippen LogP contribution in [0.4, 0.5) is 0 Å². The third kappa shape index (κ3) is 4.96. The van der Waals surface area contributed by atoms with E-state index < -0.39 is 14.0 Å². The molecular weight excluding hydrogens is 264 g/mol. The van der Waals surface area contributed by atoms with Gasteiger partial charge in [0.2, 0.25) is 0 Å². The van der Waals surface area contributed by atoms with Gasteiger partial charge >= 0.3 is 5.97 Å². The number of ether oxygens (including phenoxy) is 1. The molecule has 1 aromatic heterocycles. The van der Waals surface area contributed by atoms with Crippen LogP contribution in [0.25, 0.3) is 0 Å². The maximum Gasteiger partial charge on any atom is 0.356 e. The predicted octanol–water partition coefficient (Wildman–Crippen LogP) is 2.10. The summed E-state index contributed by atoms with van der Waals surface area (Å²) >= 11 is 0. The fourth-order valence-electron chi connectivity index (χ4n) is 1.44. The van der Waals surface area contributed by atoms with E-state index in [1.54, 1.807) is 0 Å². The Morgan fingerprint density at radius 2 is 2.05 bits per heavy atom. The summed E-state index contributed by atoms with van der Waals surface area (Å²) in [4.78, 5) is 26.0. The molecule has 0 aliphatic heterocycles. The van der Waals surface area contributed by atoms with Gasteiger partial charge in [-0.2, -0.15) is 0 Å². The molecule has 0 aliphatic carbocycles. The normalized spacial score (nSPS) is 11.6. The molecule has 0 saturated heterocycles. The maximum atomic E-state index is 11.4. The highest BCUT2D eigenvalue weighted by Gasteiger charge is 2.17. The molecule has 0 aliphatic rings. The molecule has 0 unspecified atom stereocenters. The smallest absolute Gasteiger partial charge is 0.356 e. The SMILES string of the molecule is CC(=O)c1nc(C(=O)O)cn1COCC[Si](C)(C)C. The summed E-state index contributed by atoms with van der Waals surface area (Å²) in [5.74, 6) is -1.31. The fourth-order valence-corrected chi connectivity index (χ4v) is 2.20. The van der Waals surface area contributed by atoms with Crippen molar-refractivity contribution in [2.45, 2.75) is 39.3 Å². The molecule has 0 aromatic carbocycles. The van der Waals surface area contributed by atoms with Crippen molar-refractivity contribution in [3.8, 4) is 0 Å². The molecule has 1 heterocycles. The molecule has 1 aromatic rings. The highest BCUT2D eigenvalue weighted by molar-refractivity contribution is 6.76. The van der Waals surface area contributed by atoms with Crippen LogP contribution in [0.5, 0.6) is 0 Å². The first-order valence-corrected chi connectivity index (χ1v) is 9.80. The van der Waals surface area contributed by atoms with Gasteiger partial charge in [-0.05, 0) is 6.04 Å². The quantitative estimate of drug-likeness (QED) is 0.471. The van der Waals surface area contributed by atoms with Gasteiger partial charge in [0, 0.05) is 27.8 Å². The Bertz CT molecular complexity index is 477. The predicted molar refractivity (Wildman–Crippen MR) is 73.3 cm³/mol. The maximum absolute atomic E-state index is 11.4. The number of Topliss-reactive ketones (excluding diaryl/α,β-unsaturated/α-hetero) is 1. The third-order valence-electron chi connectivity index (χ3n) is 2.54. The molecule has 6 nitrogen and oxygen atoms in total. The monoisotopic (exact) mass is 284 g/mol. The van der Waals surface area contributed by atoms with Gasteiger partial charge in [-0.15, -0.1) is 0 Å². The van der Waals surface area contributed by atoms with Crippen molar-refractivity contribution in [3.05, 3.63) is 17.7 Å². The molecule has 0 bridgehead atoms. The van der Waals surface area contributed by atoms with E-state index in [9.17, 15) is 9.59 Å². The lowest BCUT2D eigenvalue weighted by molar-refractivity contribution is 0.0689. The molecule has 7 heteroatoms. The Hall–Kier alpha value is -1.47. The average molecular weight is 284 g/mol. The van der Waals surface area contributed by atoms with Gasteiger partial charge in [0.1, 0.15) is 6.73 Å². The topological polar surface area (TPSA) is 81.4 Å². The summed E-state index contributed by atoms with van der Waals surface area (Å²) in [5, 5.41) is 8.86. The van der Waals surface area contributed by atoms with E-state index in [1.165, 1.54) is 17.7 Å². The van der Waals surface area contributed by atoms with Gasteiger partial charge in [-0.3, -0.25) is 4.79 Å². The standard InChI is InChI=1S/C12H20N2O4Si/c1-9(15)11-13-10(12(16)17)7-14(11)8-18-5-6-19(2,3)4/h7H,5-6,8H2,1-4H3,(H,16,17). The number of nitrogens with zero attached hydrogens (tertiary/aromatic N) is 2. The zero-order valence-electron chi connectivity index (χ0n) is 11.8. The number of hydrogen-bond donors (Lipinski definition) is 1. The zero-order valence-corrected chi connectivity index (χ0v) is 12.8. The first kappa shape index (κ1) is 15.6. The second kappa shape index (κ2) is 6.11. The van der Waals surface area contributed by atoms with Gasteiger partial charge in [-0.25, -0.2) is 9.78 Å². The summed E-state index contributed by atoms with van der Waals surface area (Å²) in [7, 11) is -1.15. The summed E-state index contributed by atoms with van der Waals surface area (Å²) in [6.07, 6.45) is 1.33. The van der Waals surface area contributed by atoms with Gasteiger partial charge in [0.05, 0.1) is 0 Å². The summed E-state index contributed by atoms with van der Waals surface area (Å²) in [5.41, 5.74) is -0.140. The average Bonchev–Trinajstić information content (AvgIpc) is 2.67. The second-order valence-electron chi connectivity index (χ2n) is 5.63. The summed E-state index contributed by atoms with van der Waals surface area (Å²) < 4.78 is 6.93. The Balaban J connectivity index is 2.67. The van der Waals surface area contributed by atoms with Crippen molar-refractivity contribution < 1.29 is 19.4 Å². The number of carbonyl (C=O) groups excluding carboxylic acids is 1. The molecule has 0 fully saturated rings. The van der Waals surface area contributed by atoms with Gasteiger partial charge < -0.3 is 14.4 Å². The van der Waals surface area contributed by atoms with E-state index >= 15 is 0 Å². The van der Waals surface area contributed by atoms with Crippen molar-refractivity contribution in [1.29, 1.82) is 0 Å². The summed E-state index contributed by atoms with van der Waals surface area (Å²) in [6, 6.07) is 1.02. The van der Waals surface area contributed by atoms with Crippen LogP contribution in [0.2, 0.25) is 25.7 Å². The van der Waals surface area contributed by atoms with Crippen LogP contribution in [-0.4, -0.2) is 41.1 Å². The van der Waals surface area contributed by atoms with Crippen LogP contribution in [0.3, 0.4) is 0 Å². The first-order chi connectivity index (χ1) is 8.70. The lowest BCUT2D eigenvalue weighted by Crippen LogP contribution is -2.22. The van der Waals surface area contributed by atoms with E-state index in [4.69, 9.17) is 9.84 Å². The molecule has 0 radical (unpaired) electrons. The number of carbonyl (C=O) groups is 2. The van der Waals surface area contributed by atoms with Crippen LogP contribution in [-0.2, 0) is 11.5 Å². The number of imidazole rings is 1. The lowest BCUT2D eigenvalue weighted by Gasteiger charge is -2.15. The highest BCUT2D eigenvalue weighted by Crippen LogP contribution is 2.09. The molecule has 0 amide bonds. The van der Waals surface area contributed by atoms with Crippen molar-refractivity contribution in [2.24, 2.45) is 0 Å².